The molecule has 1 fully saturated rings. The van der Waals surface area contributed by atoms with Crippen LogP contribution in [0.5, 0.6) is 0 Å². The van der Waals surface area contributed by atoms with E-state index in [0.717, 1.165) is 19.5 Å². The highest BCUT2D eigenvalue weighted by atomic mass is 16.2. The molecule has 98 valence electrons. The van der Waals surface area contributed by atoms with Crippen molar-refractivity contribution in [3.63, 3.8) is 0 Å². The molecule has 5 heteroatoms. The summed E-state index contributed by atoms with van der Waals surface area (Å²) >= 11 is 0. The Bertz CT molecular complexity index is 268. The molecule has 3 N–H and O–H groups in total. The number of piperidine rings is 1. The van der Waals surface area contributed by atoms with Gasteiger partial charge < -0.3 is 16.0 Å². The van der Waals surface area contributed by atoms with Crippen LogP contribution in [0.3, 0.4) is 0 Å². The molecule has 0 saturated carbocycles. The molecule has 1 heterocycles. The van der Waals surface area contributed by atoms with Crippen LogP contribution >= 0.6 is 0 Å². The molecule has 2 amide bonds. The number of rotatable bonds is 5. The van der Waals surface area contributed by atoms with Gasteiger partial charge in [-0.25, -0.2) is 0 Å². The van der Waals surface area contributed by atoms with E-state index in [-0.39, 0.29) is 17.7 Å². The Kier molecular flexibility index (Phi) is 5.97. The Morgan fingerprint density at radius 3 is 2.71 bits per heavy atom. The van der Waals surface area contributed by atoms with Crippen molar-refractivity contribution in [3.05, 3.63) is 0 Å². The predicted octanol–water partition coefficient (Wildman–Crippen LogP) is -0.126. The maximum absolute atomic E-state index is 11.8. The maximum atomic E-state index is 11.8. The second kappa shape index (κ2) is 7.27. The fourth-order valence-corrected chi connectivity index (χ4v) is 2.09. The van der Waals surface area contributed by atoms with Crippen molar-refractivity contribution in [1.29, 1.82) is 0 Å². The number of amides is 2. The quantitative estimate of drug-likeness (QED) is 0.628. The Balaban J connectivity index is 2.18. The van der Waals surface area contributed by atoms with E-state index < -0.39 is 0 Å². The number of nitrogens with one attached hydrogen (secondary N) is 3. The molecule has 1 saturated heterocycles. The number of carbonyl (C=O) groups excluding carboxylic acids is 2. The zero-order chi connectivity index (χ0) is 12.7. The Morgan fingerprint density at radius 1 is 1.29 bits per heavy atom. The average molecular weight is 241 g/mol. The van der Waals surface area contributed by atoms with Crippen molar-refractivity contribution in [2.24, 2.45) is 11.8 Å². The lowest BCUT2D eigenvalue weighted by Crippen LogP contribution is -2.44. The van der Waals surface area contributed by atoms with E-state index in [1.54, 1.807) is 0 Å². The number of carbonyl (C=O) groups is 2. The fourth-order valence-electron chi connectivity index (χ4n) is 2.09. The molecule has 0 aliphatic carbocycles. The van der Waals surface area contributed by atoms with Crippen molar-refractivity contribution in [3.8, 4) is 0 Å². The first-order chi connectivity index (χ1) is 8.13. The van der Waals surface area contributed by atoms with Gasteiger partial charge in [0.15, 0.2) is 0 Å². The Morgan fingerprint density at radius 2 is 2.06 bits per heavy atom. The molecule has 0 bridgehead atoms. The van der Waals surface area contributed by atoms with Crippen LogP contribution in [0.2, 0.25) is 0 Å². The van der Waals surface area contributed by atoms with Gasteiger partial charge in [0.05, 0.1) is 5.92 Å². The average Bonchev–Trinajstić information content (AvgIpc) is 2.29. The van der Waals surface area contributed by atoms with Crippen molar-refractivity contribution in [2.75, 3.05) is 26.2 Å². The standard InChI is InChI=1S/C12H23N3O2/c1-3-14-11(16)4-5-15-12(17)10-6-9(2)7-13-8-10/h9-10,13H,3-8H2,1-2H3,(H,14,16)(H,15,17). The van der Waals surface area contributed by atoms with Crippen LogP contribution in [-0.2, 0) is 9.59 Å². The van der Waals surface area contributed by atoms with Crippen LogP contribution in [0.15, 0.2) is 0 Å². The van der Waals surface area contributed by atoms with Crippen LogP contribution in [0, 0.1) is 11.8 Å². The van der Waals surface area contributed by atoms with Crippen LogP contribution in [-0.4, -0.2) is 38.0 Å². The fraction of sp³-hybridized carbons (Fsp3) is 0.833. The van der Waals surface area contributed by atoms with Gasteiger partial charge in [0.25, 0.3) is 0 Å². The summed E-state index contributed by atoms with van der Waals surface area (Å²) in [4.78, 5) is 23.0. The molecule has 1 aliphatic rings. The van der Waals surface area contributed by atoms with E-state index >= 15 is 0 Å². The lowest BCUT2D eigenvalue weighted by atomic mass is 9.91. The predicted molar refractivity (Wildman–Crippen MR) is 66.5 cm³/mol. The number of hydrogen-bond donors (Lipinski definition) is 3. The second-order valence-electron chi connectivity index (χ2n) is 4.69. The summed E-state index contributed by atoms with van der Waals surface area (Å²) in [5, 5.41) is 8.77. The highest BCUT2D eigenvalue weighted by molar-refractivity contribution is 5.80. The summed E-state index contributed by atoms with van der Waals surface area (Å²) in [6.07, 6.45) is 1.29. The van der Waals surface area contributed by atoms with Gasteiger partial charge in [-0.05, 0) is 25.8 Å². The molecule has 2 unspecified atom stereocenters. The van der Waals surface area contributed by atoms with Gasteiger partial charge in [-0.15, -0.1) is 0 Å². The SMILES string of the molecule is CCNC(=O)CCNC(=O)C1CNCC(C)C1. The molecule has 0 aromatic carbocycles. The summed E-state index contributed by atoms with van der Waals surface area (Å²) in [7, 11) is 0. The largest absolute Gasteiger partial charge is 0.356 e. The minimum absolute atomic E-state index is 0.0112. The summed E-state index contributed by atoms with van der Waals surface area (Å²) < 4.78 is 0. The third-order valence-electron chi connectivity index (χ3n) is 2.97. The summed E-state index contributed by atoms with van der Waals surface area (Å²) in [5.74, 6) is 0.646. The number of hydrogen-bond acceptors (Lipinski definition) is 3. The van der Waals surface area contributed by atoms with E-state index in [1.165, 1.54) is 0 Å². The Hall–Kier alpha value is -1.10. The van der Waals surface area contributed by atoms with Gasteiger partial charge in [-0.3, -0.25) is 9.59 Å². The zero-order valence-electron chi connectivity index (χ0n) is 10.7. The van der Waals surface area contributed by atoms with Gasteiger partial charge in [0.2, 0.25) is 11.8 Å². The monoisotopic (exact) mass is 241 g/mol. The van der Waals surface area contributed by atoms with E-state index in [1.807, 2.05) is 6.92 Å². The van der Waals surface area contributed by atoms with Crippen LogP contribution in [0.1, 0.15) is 26.7 Å². The van der Waals surface area contributed by atoms with E-state index in [9.17, 15) is 9.59 Å². The lowest BCUT2D eigenvalue weighted by Gasteiger charge is -2.26. The molecule has 2 atom stereocenters. The van der Waals surface area contributed by atoms with Crippen molar-refractivity contribution in [1.82, 2.24) is 16.0 Å². The van der Waals surface area contributed by atoms with Crippen LogP contribution in [0.25, 0.3) is 0 Å². The molecule has 0 aromatic rings. The normalized spacial score (nSPS) is 24.1. The topological polar surface area (TPSA) is 70.2 Å². The third kappa shape index (κ3) is 5.17. The smallest absolute Gasteiger partial charge is 0.224 e. The molecule has 17 heavy (non-hydrogen) atoms. The van der Waals surface area contributed by atoms with Gasteiger partial charge in [0.1, 0.15) is 0 Å². The molecule has 1 rings (SSSR count). The van der Waals surface area contributed by atoms with Crippen LogP contribution in [0.4, 0.5) is 0 Å². The highest BCUT2D eigenvalue weighted by Crippen LogP contribution is 2.15. The summed E-state index contributed by atoms with van der Waals surface area (Å²) in [6, 6.07) is 0. The summed E-state index contributed by atoms with van der Waals surface area (Å²) in [6.45, 7) is 6.82. The Labute approximate surface area is 103 Å². The van der Waals surface area contributed by atoms with Crippen molar-refractivity contribution in [2.45, 2.75) is 26.7 Å². The minimum atomic E-state index is -0.0112. The molecular formula is C12H23N3O2. The minimum Gasteiger partial charge on any atom is -0.356 e. The highest BCUT2D eigenvalue weighted by Gasteiger charge is 2.24. The molecular weight excluding hydrogens is 218 g/mol. The zero-order valence-corrected chi connectivity index (χ0v) is 10.7. The third-order valence-corrected chi connectivity index (χ3v) is 2.97. The first-order valence-corrected chi connectivity index (χ1v) is 6.38. The first kappa shape index (κ1) is 14.0. The van der Waals surface area contributed by atoms with Gasteiger partial charge in [-0.1, -0.05) is 6.92 Å². The first-order valence-electron chi connectivity index (χ1n) is 6.38. The van der Waals surface area contributed by atoms with Gasteiger partial charge in [-0.2, -0.15) is 0 Å². The van der Waals surface area contributed by atoms with Crippen LogP contribution < -0.4 is 16.0 Å². The van der Waals surface area contributed by atoms with E-state index in [2.05, 4.69) is 22.9 Å². The van der Waals surface area contributed by atoms with E-state index in [4.69, 9.17) is 0 Å². The van der Waals surface area contributed by atoms with E-state index in [0.29, 0.717) is 25.4 Å². The molecule has 0 spiro atoms. The lowest BCUT2D eigenvalue weighted by molar-refractivity contribution is -0.126. The summed E-state index contributed by atoms with van der Waals surface area (Å²) in [5.41, 5.74) is 0. The molecule has 5 nitrogen and oxygen atoms in total. The van der Waals surface area contributed by atoms with Gasteiger partial charge in [0, 0.05) is 26.1 Å². The molecule has 0 radical (unpaired) electrons. The second-order valence-corrected chi connectivity index (χ2v) is 4.69. The van der Waals surface area contributed by atoms with Crippen molar-refractivity contribution < 1.29 is 9.59 Å². The van der Waals surface area contributed by atoms with Crippen molar-refractivity contribution >= 4 is 11.8 Å². The molecule has 0 aromatic heterocycles. The maximum Gasteiger partial charge on any atom is 0.224 e. The molecule has 1 aliphatic heterocycles. The van der Waals surface area contributed by atoms with Gasteiger partial charge >= 0.3 is 0 Å².